The second kappa shape index (κ2) is 6.30. The molecule has 2 fully saturated rings. The molecule has 2 amide bonds. The molecule has 2 aliphatic rings. The third kappa shape index (κ3) is 2.89. The molecule has 0 aliphatic carbocycles. The van der Waals surface area contributed by atoms with Crippen LogP contribution in [0.3, 0.4) is 0 Å². The minimum atomic E-state index is -0.378. The highest BCUT2D eigenvalue weighted by Gasteiger charge is 2.34. The zero-order valence-corrected chi connectivity index (χ0v) is 12.6. The quantitative estimate of drug-likeness (QED) is 0.625. The van der Waals surface area contributed by atoms with Gasteiger partial charge in [-0.05, 0) is 17.8 Å². The van der Waals surface area contributed by atoms with E-state index in [1.807, 2.05) is 6.07 Å². The first-order valence-corrected chi connectivity index (χ1v) is 7.62. The van der Waals surface area contributed by atoms with E-state index in [2.05, 4.69) is 10.8 Å². The van der Waals surface area contributed by atoms with Crippen LogP contribution >= 0.6 is 11.8 Å². The normalized spacial score (nSPS) is 20.8. The maximum Gasteiger partial charge on any atom is 0.294 e. The number of thioether (sulfide) groups is 1. The molecule has 0 unspecified atom stereocenters. The van der Waals surface area contributed by atoms with E-state index in [1.165, 1.54) is 0 Å². The van der Waals surface area contributed by atoms with Gasteiger partial charge in [-0.25, -0.2) is 0 Å². The van der Waals surface area contributed by atoms with E-state index in [1.54, 1.807) is 12.1 Å². The lowest BCUT2D eigenvalue weighted by molar-refractivity contribution is -0.122. The first-order valence-electron chi connectivity index (χ1n) is 6.80. The number of terminal acetylenes is 1. The van der Waals surface area contributed by atoms with E-state index in [0.717, 1.165) is 35.6 Å². The molecule has 0 bridgehead atoms. The lowest BCUT2D eigenvalue weighted by Gasteiger charge is -2.26. The standard InChI is InChI=1S/C15H14N2O4S/c1-2-5-17-14(18)12(22-15(17)19)10-11-3-4-13(21-11)16-6-8-20-9-7-16/h1,3-4,10H,5-9H2/b12-10+. The van der Waals surface area contributed by atoms with Crippen molar-refractivity contribution in [2.45, 2.75) is 0 Å². The Kier molecular flexibility index (Phi) is 4.22. The van der Waals surface area contributed by atoms with Crippen LogP contribution in [0.4, 0.5) is 10.7 Å². The van der Waals surface area contributed by atoms with Crippen LogP contribution in [0.2, 0.25) is 0 Å². The van der Waals surface area contributed by atoms with E-state index in [9.17, 15) is 9.59 Å². The van der Waals surface area contributed by atoms with Crippen molar-refractivity contribution in [2.24, 2.45) is 0 Å². The summed E-state index contributed by atoms with van der Waals surface area (Å²) < 4.78 is 11.0. The van der Waals surface area contributed by atoms with Crippen LogP contribution in [0.15, 0.2) is 21.5 Å². The maximum atomic E-state index is 12.1. The van der Waals surface area contributed by atoms with Crippen molar-refractivity contribution in [2.75, 3.05) is 37.7 Å². The van der Waals surface area contributed by atoms with Gasteiger partial charge < -0.3 is 14.1 Å². The number of anilines is 1. The van der Waals surface area contributed by atoms with Gasteiger partial charge in [0.05, 0.1) is 24.7 Å². The molecule has 1 aromatic heterocycles. The summed E-state index contributed by atoms with van der Waals surface area (Å²) in [6.07, 6.45) is 6.73. The largest absolute Gasteiger partial charge is 0.441 e. The molecule has 0 saturated carbocycles. The van der Waals surface area contributed by atoms with Crippen molar-refractivity contribution in [1.29, 1.82) is 0 Å². The van der Waals surface area contributed by atoms with E-state index in [4.69, 9.17) is 15.6 Å². The molecular formula is C15H14N2O4S. The fourth-order valence-corrected chi connectivity index (χ4v) is 3.05. The van der Waals surface area contributed by atoms with Gasteiger partial charge in [0.2, 0.25) is 0 Å². The number of rotatable bonds is 3. The number of hydrogen-bond acceptors (Lipinski definition) is 6. The van der Waals surface area contributed by atoms with Crippen molar-refractivity contribution in [1.82, 2.24) is 4.90 Å². The van der Waals surface area contributed by atoms with E-state index in [-0.39, 0.29) is 17.7 Å². The second-order valence-corrected chi connectivity index (χ2v) is 5.74. The van der Waals surface area contributed by atoms with Gasteiger partial charge in [0.15, 0.2) is 5.88 Å². The molecule has 6 nitrogen and oxygen atoms in total. The van der Waals surface area contributed by atoms with Crippen molar-refractivity contribution in [3.8, 4) is 12.3 Å². The number of nitrogens with zero attached hydrogens (tertiary/aromatic N) is 2. The van der Waals surface area contributed by atoms with Crippen molar-refractivity contribution in [3.05, 3.63) is 22.8 Å². The Labute approximate surface area is 132 Å². The van der Waals surface area contributed by atoms with Gasteiger partial charge in [-0.1, -0.05) is 5.92 Å². The average molecular weight is 318 g/mol. The fraction of sp³-hybridized carbons (Fsp3) is 0.333. The van der Waals surface area contributed by atoms with Gasteiger partial charge in [-0.3, -0.25) is 14.5 Å². The molecular weight excluding hydrogens is 304 g/mol. The van der Waals surface area contributed by atoms with Gasteiger partial charge in [0.1, 0.15) is 5.76 Å². The lowest BCUT2D eigenvalue weighted by atomic mass is 10.3. The molecule has 114 valence electrons. The number of amides is 2. The molecule has 0 aromatic carbocycles. The highest BCUT2D eigenvalue weighted by atomic mass is 32.2. The number of furan rings is 1. The molecule has 0 radical (unpaired) electrons. The van der Waals surface area contributed by atoms with Crippen molar-refractivity contribution in [3.63, 3.8) is 0 Å². The van der Waals surface area contributed by atoms with Crippen molar-refractivity contribution < 1.29 is 18.7 Å². The van der Waals surface area contributed by atoms with E-state index in [0.29, 0.717) is 23.9 Å². The van der Waals surface area contributed by atoms with Gasteiger partial charge >= 0.3 is 0 Å². The van der Waals surface area contributed by atoms with Crippen LogP contribution in [-0.2, 0) is 9.53 Å². The summed E-state index contributed by atoms with van der Waals surface area (Å²) in [7, 11) is 0. The van der Waals surface area contributed by atoms with E-state index < -0.39 is 0 Å². The molecule has 0 spiro atoms. The Morgan fingerprint density at radius 1 is 1.32 bits per heavy atom. The van der Waals surface area contributed by atoms with Gasteiger partial charge in [0, 0.05) is 25.2 Å². The maximum absolute atomic E-state index is 12.1. The molecule has 7 heteroatoms. The summed E-state index contributed by atoms with van der Waals surface area (Å²) in [5, 5.41) is -0.353. The minimum absolute atomic E-state index is 0.0147. The Balaban J connectivity index is 1.75. The summed E-state index contributed by atoms with van der Waals surface area (Å²) in [6.45, 7) is 2.86. The minimum Gasteiger partial charge on any atom is -0.441 e. The summed E-state index contributed by atoms with van der Waals surface area (Å²) >= 11 is 0.871. The Morgan fingerprint density at radius 3 is 2.82 bits per heavy atom. The Hall–Kier alpha value is -2.17. The molecule has 3 rings (SSSR count). The van der Waals surface area contributed by atoms with Crippen LogP contribution in [0.25, 0.3) is 6.08 Å². The number of hydrogen-bond donors (Lipinski definition) is 0. The van der Waals surface area contributed by atoms with Gasteiger partial charge in [-0.15, -0.1) is 6.42 Å². The Morgan fingerprint density at radius 2 is 2.09 bits per heavy atom. The second-order valence-electron chi connectivity index (χ2n) is 4.75. The predicted octanol–water partition coefficient (Wildman–Crippen LogP) is 1.79. The highest BCUT2D eigenvalue weighted by Crippen LogP contribution is 2.32. The van der Waals surface area contributed by atoms with Crippen LogP contribution in [0.5, 0.6) is 0 Å². The zero-order valence-electron chi connectivity index (χ0n) is 11.8. The molecule has 2 aliphatic heterocycles. The van der Waals surface area contributed by atoms with Crippen LogP contribution < -0.4 is 4.90 Å². The monoisotopic (exact) mass is 318 g/mol. The zero-order chi connectivity index (χ0) is 15.5. The molecule has 1 aromatic rings. The average Bonchev–Trinajstić information content (AvgIpc) is 3.09. The smallest absolute Gasteiger partial charge is 0.294 e. The highest BCUT2D eigenvalue weighted by molar-refractivity contribution is 8.18. The first-order chi connectivity index (χ1) is 10.7. The number of imide groups is 1. The third-order valence-electron chi connectivity index (χ3n) is 3.33. The number of ether oxygens (including phenoxy) is 1. The SMILES string of the molecule is C#CCN1C(=O)S/C(=C/c2ccc(N3CCOCC3)o2)C1=O. The number of carbonyl (C=O) groups excluding carboxylic acids is 2. The number of carbonyl (C=O) groups is 2. The topological polar surface area (TPSA) is 63.0 Å². The van der Waals surface area contributed by atoms with Gasteiger partial charge in [0.25, 0.3) is 11.1 Å². The first kappa shape index (κ1) is 14.8. The lowest BCUT2D eigenvalue weighted by Crippen LogP contribution is -2.35. The number of morpholine rings is 1. The molecule has 3 heterocycles. The summed E-state index contributed by atoms with van der Waals surface area (Å²) in [6, 6.07) is 3.63. The third-order valence-corrected chi connectivity index (χ3v) is 4.24. The summed E-state index contributed by atoms with van der Waals surface area (Å²) in [5.41, 5.74) is 0. The fourth-order valence-electron chi connectivity index (χ4n) is 2.23. The molecule has 0 N–H and O–H groups in total. The summed E-state index contributed by atoms with van der Waals surface area (Å²) in [4.78, 5) is 27.2. The van der Waals surface area contributed by atoms with Crippen LogP contribution in [0, 0.1) is 12.3 Å². The molecule has 22 heavy (non-hydrogen) atoms. The summed E-state index contributed by atoms with van der Waals surface area (Å²) in [5.74, 6) is 3.19. The van der Waals surface area contributed by atoms with Crippen LogP contribution in [0.1, 0.15) is 5.76 Å². The van der Waals surface area contributed by atoms with E-state index >= 15 is 0 Å². The molecule has 0 atom stereocenters. The van der Waals surface area contributed by atoms with Crippen molar-refractivity contribution >= 4 is 34.9 Å². The Bertz CT molecular complexity index is 667. The van der Waals surface area contributed by atoms with Crippen LogP contribution in [-0.4, -0.2) is 48.9 Å². The van der Waals surface area contributed by atoms with Gasteiger partial charge in [-0.2, -0.15) is 0 Å². The molecule has 2 saturated heterocycles. The predicted molar refractivity (Wildman–Crippen MR) is 83.3 cm³/mol.